The SMILES string of the molecule is C=CCOc1c(OC)cc([C@H]2CC[C@H](c3cc(OC)c(OC)c(OC)c3)O2)cc1[N+](=O)[O-]. The summed E-state index contributed by atoms with van der Waals surface area (Å²) in [5.74, 6) is 1.92. The van der Waals surface area contributed by atoms with Crippen LogP contribution in [0.3, 0.4) is 0 Å². The van der Waals surface area contributed by atoms with E-state index in [0.29, 0.717) is 35.7 Å². The van der Waals surface area contributed by atoms with Crippen LogP contribution in [0.25, 0.3) is 0 Å². The zero-order valence-electron chi connectivity index (χ0n) is 18.6. The topological polar surface area (TPSA) is 98.5 Å². The van der Waals surface area contributed by atoms with Crippen molar-refractivity contribution in [2.45, 2.75) is 25.0 Å². The van der Waals surface area contributed by atoms with Crippen LogP contribution in [-0.4, -0.2) is 40.0 Å². The second-order valence-corrected chi connectivity index (χ2v) is 7.08. The zero-order chi connectivity index (χ0) is 23.3. The van der Waals surface area contributed by atoms with Gasteiger partial charge in [0.25, 0.3) is 0 Å². The summed E-state index contributed by atoms with van der Waals surface area (Å²) in [5, 5.41) is 11.7. The van der Waals surface area contributed by atoms with Crippen molar-refractivity contribution in [3.8, 4) is 28.7 Å². The highest BCUT2D eigenvalue weighted by atomic mass is 16.6. The second-order valence-electron chi connectivity index (χ2n) is 7.08. The molecule has 1 fully saturated rings. The number of nitro benzene ring substituents is 1. The van der Waals surface area contributed by atoms with Crippen molar-refractivity contribution in [1.82, 2.24) is 0 Å². The van der Waals surface area contributed by atoms with E-state index >= 15 is 0 Å². The summed E-state index contributed by atoms with van der Waals surface area (Å²) in [6, 6.07) is 6.89. The molecule has 1 heterocycles. The van der Waals surface area contributed by atoms with E-state index in [2.05, 4.69) is 6.58 Å². The minimum absolute atomic E-state index is 0.0697. The van der Waals surface area contributed by atoms with Gasteiger partial charge in [0.1, 0.15) is 6.61 Å². The van der Waals surface area contributed by atoms with Crippen LogP contribution in [0.5, 0.6) is 28.7 Å². The highest BCUT2D eigenvalue weighted by molar-refractivity contribution is 5.59. The van der Waals surface area contributed by atoms with Crippen LogP contribution in [0.15, 0.2) is 36.9 Å². The summed E-state index contributed by atoms with van der Waals surface area (Å²) < 4.78 is 33.4. The third-order valence-corrected chi connectivity index (χ3v) is 5.27. The Labute approximate surface area is 186 Å². The van der Waals surface area contributed by atoms with Gasteiger partial charge in [-0.1, -0.05) is 12.7 Å². The lowest BCUT2D eigenvalue weighted by Crippen LogP contribution is -2.05. The average molecular weight is 445 g/mol. The fraction of sp³-hybridized carbons (Fsp3) is 0.391. The van der Waals surface area contributed by atoms with Crippen molar-refractivity contribution in [3.63, 3.8) is 0 Å². The lowest BCUT2D eigenvalue weighted by Gasteiger charge is -2.19. The molecule has 3 rings (SSSR count). The van der Waals surface area contributed by atoms with Crippen LogP contribution >= 0.6 is 0 Å². The van der Waals surface area contributed by atoms with Gasteiger partial charge in [-0.3, -0.25) is 10.1 Å². The summed E-state index contributed by atoms with van der Waals surface area (Å²) >= 11 is 0. The fourth-order valence-electron chi connectivity index (χ4n) is 3.78. The number of rotatable bonds is 10. The van der Waals surface area contributed by atoms with Gasteiger partial charge in [-0.05, 0) is 42.2 Å². The van der Waals surface area contributed by atoms with Gasteiger partial charge < -0.3 is 28.4 Å². The Kier molecular flexibility index (Phi) is 7.42. The third-order valence-electron chi connectivity index (χ3n) is 5.27. The highest BCUT2D eigenvalue weighted by Gasteiger charge is 2.32. The van der Waals surface area contributed by atoms with E-state index < -0.39 is 4.92 Å². The Morgan fingerprint density at radius 2 is 1.44 bits per heavy atom. The van der Waals surface area contributed by atoms with Gasteiger partial charge >= 0.3 is 5.69 Å². The minimum atomic E-state index is -0.490. The van der Waals surface area contributed by atoms with E-state index in [1.54, 1.807) is 27.4 Å². The van der Waals surface area contributed by atoms with Crippen LogP contribution in [0, 0.1) is 10.1 Å². The van der Waals surface area contributed by atoms with Crippen molar-refractivity contribution in [1.29, 1.82) is 0 Å². The number of benzene rings is 2. The van der Waals surface area contributed by atoms with Crippen LogP contribution in [0.2, 0.25) is 0 Å². The number of hydrogen-bond donors (Lipinski definition) is 0. The van der Waals surface area contributed by atoms with E-state index in [1.807, 2.05) is 12.1 Å². The maximum atomic E-state index is 11.7. The molecule has 9 nitrogen and oxygen atoms in total. The monoisotopic (exact) mass is 445 g/mol. The number of methoxy groups -OCH3 is 4. The summed E-state index contributed by atoms with van der Waals surface area (Å²) in [4.78, 5) is 11.2. The lowest BCUT2D eigenvalue weighted by molar-refractivity contribution is -0.386. The number of hydrogen-bond acceptors (Lipinski definition) is 8. The predicted molar refractivity (Wildman–Crippen MR) is 117 cm³/mol. The van der Waals surface area contributed by atoms with E-state index in [9.17, 15) is 10.1 Å². The predicted octanol–water partition coefficient (Wildman–Crippen LogP) is 4.79. The first-order chi connectivity index (χ1) is 15.5. The van der Waals surface area contributed by atoms with Gasteiger partial charge in [-0.25, -0.2) is 0 Å². The van der Waals surface area contributed by atoms with Crippen LogP contribution in [0.4, 0.5) is 5.69 Å². The molecule has 1 saturated heterocycles. The maximum Gasteiger partial charge on any atom is 0.315 e. The number of nitrogens with zero attached hydrogens (tertiary/aromatic N) is 1. The largest absolute Gasteiger partial charge is 0.493 e. The molecule has 2 atom stereocenters. The van der Waals surface area contributed by atoms with Gasteiger partial charge in [0.2, 0.25) is 11.5 Å². The Morgan fingerprint density at radius 3 is 1.88 bits per heavy atom. The molecule has 0 saturated carbocycles. The van der Waals surface area contributed by atoms with Gasteiger partial charge in [0.15, 0.2) is 17.2 Å². The number of nitro groups is 1. The summed E-state index contributed by atoms with van der Waals surface area (Å²) in [6.07, 6.45) is 2.32. The molecule has 0 aromatic heterocycles. The molecule has 2 aromatic rings. The van der Waals surface area contributed by atoms with Gasteiger partial charge in [-0.15, -0.1) is 0 Å². The summed E-state index contributed by atoms with van der Waals surface area (Å²) in [7, 11) is 6.10. The molecule has 0 N–H and O–H groups in total. The molecule has 0 radical (unpaired) electrons. The van der Waals surface area contributed by atoms with Gasteiger partial charge in [0, 0.05) is 6.07 Å². The first-order valence-electron chi connectivity index (χ1n) is 10.0. The van der Waals surface area contributed by atoms with Gasteiger partial charge in [0.05, 0.1) is 45.6 Å². The molecule has 172 valence electrons. The number of ether oxygens (including phenoxy) is 6. The molecule has 2 aromatic carbocycles. The van der Waals surface area contributed by atoms with Crippen molar-refractivity contribution < 1.29 is 33.3 Å². The Hall–Kier alpha value is -3.46. The van der Waals surface area contributed by atoms with E-state index in [1.165, 1.54) is 19.3 Å². The summed E-state index contributed by atoms with van der Waals surface area (Å²) in [5.41, 5.74) is 1.34. The minimum Gasteiger partial charge on any atom is -0.493 e. The Bertz CT molecular complexity index is 965. The van der Waals surface area contributed by atoms with Crippen molar-refractivity contribution in [3.05, 3.63) is 58.2 Å². The molecule has 1 aliphatic rings. The second kappa shape index (κ2) is 10.2. The molecule has 1 aliphatic heterocycles. The smallest absolute Gasteiger partial charge is 0.315 e. The molecule has 0 unspecified atom stereocenters. The first kappa shape index (κ1) is 23.2. The van der Waals surface area contributed by atoms with Crippen molar-refractivity contribution in [2.24, 2.45) is 0 Å². The van der Waals surface area contributed by atoms with Crippen LogP contribution in [-0.2, 0) is 4.74 Å². The fourth-order valence-corrected chi connectivity index (χ4v) is 3.78. The first-order valence-corrected chi connectivity index (χ1v) is 10.0. The average Bonchev–Trinajstić information content (AvgIpc) is 3.31. The molecule has 0 spiro atoms. The van der Waals surface area contributed by atoms with E-state index in [4.69, 9.17) is 28.4 Å². The molecular formula is C23H27NO8. The van der Waals surface area contributed by atoms with Crippen LogP contribution < -0.4 is 23.7 Å². The van der Waals surface area contributed by atoms with Gasteiger partial charge in [-0.2, -0.15) is 0 Å². The standard InChI is InChI=1S/C23H27NO8/c1-6-9-31-22-16(24(25)26)10-14(11-19(22)27-2)17-7-8-18(32-17)15-12-20(28-3)23(30-5)21(13-15)29-4/h6,10-13,17-18H,1,7-9H2,2-5H3/t17-,18-/m1/s1. The quantitative estimate of drug-likeness (QED) is 0.293. The Balaban J connectivity index is 1.92. The van der Waals surface area contributed by atoms with Crippen molar-refractivity contribution >= 4 is 5.69 Å². The highest BCUT2D eigenvalue weighted by Crippen LogP contribution is 2.48. The normalized spacial score (nSPS) is 17.5. The summed E-state index contributed by atoms with van der Waals surface area (Å²) in [6.45, 7) is 3.70. The third kappa shape index (κ3) is 4.57. The van der Waals surface area contributed by atoms with E-state index in [0.717, 1.165) is 5.56 Å². The Morgan fingerprint density at radius 1 is 0.938 bits per heavy atom. The van der Waals surface area contributed by atoms with Crippen molar-refractivity contribution in [2.75, 3.05) is 35.0 Å². The zero-order valence-corrected chi connectivity index (χ0v) is 18.6. The molecule has 0 bridgehead atoms. The maximum absolute atomic E-state index is 11.7. The lowest BCUT2D eigenvalue weighted by atomic mass is 10.0. The van der Waals surface area contributed by atoms with E-state index in [-0.39, 0.29) is 36.0 Å². The molecule has 0 amide bonds. The molecule has 0 aliphatic carbocycles. The molecular weight excluding hydrogens is 418 g/mol. The molecule has 32 heavy (non-hydrogen) atoms. The molecule has 9 heteroatoms. The van der Waals surface area contributed by atoms with Crippen LogP contribution in [0.1, 0.15) is 36.2 Å².